The van der Waals surface area contributed by atoms with Gasteiger partial charge in [-0.1, -0.05) is 19.9 Å². The number of carboxylic acid groups (broad SMARTS) is 1. The van der Waals surface area contributed by atoms with Crippen LogP contribution in [-0.4, -0.2) is 34.8 Å². The van der Waals surface area contributed by atoms with Crippen LogP contribution in [0.4, 0.5) is 14.5 Å². The minimum absolute atomic E-state index is 0.176. The average Bonchev–Trinajstić information content (AvgIpc) is 2.68. The van der Waals surface area contributed by atoms with Crippen LogP contribution in [0.15, 0.2) is 24.4 Å². The van der Waals surface area contributed by atoms with Crippen LogP contribution in [-0.2, 0) is 9.53 Å². The van der Waals surface area contributed by atoms with E-state index in [9.17, 15) is 18.7 Å². The van der Waals surface area contributed by atoms with E-state index < -0.39 is 29.3 Å². The second kappa shape index (κ2) is 8.77. The summed E-state index contributed by atoms with van der Waals surface area (Å²) in [6.45, 7) is 13.0. The van der Waals surface area contributed by atoms with E-state index in [0.29, 0.717) is 41.2 Å². The van der Waals surface area contributed by atoms with E-state index in [1.807, 2.05) is 0 Å². The number of hydrogen-bond acceptors (Lipinski definition) is 4. The molecule has 1 saturated heterocycles. The van der Waals surface area contributed by atoms with Gasteiger partial charge < -0.3 is 14.7 Å². The van der Waals surface area contributed by atoms with Crippen molar-refractivity contribution < 1.29 is 23.4 Å². The van der Waals surface area contributed by atoms with Gasteiger partial charge in [0.1, 0.15) is 0 Å². The third kappa shape index (κ3) is 5.26. The molecular formula is C25H32F2N2O3. The first-order valence-electron chi connectivity index (χ1n) is 10.9. The molecule has 0 amide bonds. The molecule has 174 valence electrons. The molecule has 0 saturated carbocycles. The van der Waals surface area contributed by atoms with E-state index in [1.165, 1.54) is 6.07 Å². The van der Waals surface area contributed by atoms with Gasteiger partial charge in [-0.15, -0.1) is 0 Å². The normalized spacial score (nSPS) is 17.3. The van der Waals surface area contributed by atoms with Gasteiger partial charge in [-0.3, -0.25) is 4.98 Å². The van der Waals surface area contributed by atoms with E-state index in [1.54, 1.807) is 33.9 Å². The summed E-state index contributed by atoms with van der Waals surface area (Å²) in [5.74, 6) is -3.02. The number of benzene rings is 1. The Kier molecular flexibility index (Phi) is 6.61. The lowest BCUT2D eigenvalue weighted by Gasteiger charge is -2.41. The minimum Gasteiger partial charge on any atom is -0.479 e. The molecule has 5 nitrogen and oxygen atoms in total. The van der Waals surface area contributed by atoms with Gasteiger partial charge in [-0.2, -0.15) is 0 Å². The number of aryl methyl sites for hydroxylation is 1. The van der Waals surface area contributed by atoms with Crippen molar-refractivity contribution in [3.63, 3.8) is 0 Å². The molecule has 1 aliphatic heterocycles. The van der Waals surface area contributed by atoms with Gasteiger partial charge >= 0.3 is 5.97 Å². The molecular weight excluding hydrogens is 414 g/mol. The van der Waals surface area contributed by atoms with E-state index in [2.05, 4.69) is 23.7 Å². The first-order chi connectivity index (χ1) is 14.8. The lowest BCUT2D eigenvalue weighted by atomic mass is 9.82. The molecule has 7 heteroatoms. The monoisotopic (exact) mass is 446 g/mol. The van der Waals surface area contributed by atoms with Crippen molar-refractivity contribution in [1.82, 2.24) is 4.98 Å². The number of carboxylic acids is 1. The van der Waals surface area contributed by atoms with Gasteiger partial charge in [0.25, 0.3) is 0 Å². The summed E-state index contributed by atoms with van der Waals surface area (Å²) in [6.07, 6.45) is 2.19. The highest BCUT2D eigenvalue weighted by molar-refractivity contribution is 5.86. The predicted molar refractivity (Wildman–Crippen MR) is 121 cm³/mol. The summed E-state index contributed by atoms with van der Waals surface area (Å²) >= 11 is 0. The van der Waals surface area contributed by atoms with Crippen LogP contribution >= 0.6 is 0 Å². The summed E-state index contributed by atoms with van der Waals surface area (Å²) in [5.41, 5.74) is 2.12. The van der Waals surface area contributed by atoms with Crippen LogP contribution in [0.25, 0.3) is 11.1 Å². The van der Waals surface area contributed by atoms with Crippen LogP contribution < -0.4 is 4.90 Å². The fraction of sp³-hybridized carbons (Fsp3) is 0.520. The van der Waals surface area contributed by atoms with Crippen molar-refractivity contribution in [3.05, 3.63) is 47.3 Å². The van der Waals surface area contributed by atoms with Gasteiger partial charge in [-0.05, 0) is 63.6 Å². The standard InChI is InChI=1S/C25H32F2N2O3/c1-15-20(22(23(30)31)32-24(2,3)4)21(29-11-9-25(5,6)10-12-29)17(14-28-15)16-7-8-18(26)19(27)13-16/h7-8,13-14,22H,9-12H2,1-6H3,(H,30,31)/t22-/m0/s1. The van der Waals surface area contributed by atoms with E-state index >= 15 is 0 Å². The van der Waals surface area contributed by atoms with Gasteiger partial charge in [0, 0.05) is 36.1 Å². The average molecular weight is 447 g/mol. The van der Waals surface area contributed by atoms with Crippen molar-refractivity contribution >= 4 is 11.7 Å². The molecule has 1 atom stereocenters. The Labute approximate surface area is 188 Å². The van der Waals surface area contributed by atoms with Crippen LogP contribution in [0.5, 0.6) is 0 Å². The molecule has 2 aromatic rings. The Morgan fingerprint density at radius 1 is 1.19 bits per heavy atom. The molecule has 0 bridgehead atoms. The molecule has 0 aliphatic carbocycles. The third-order valence-electron chi connectivity index (χ3n) is 5.91. The molecule has 0 unspecified atom stereocenters. The molecule has 2 heterocycles. The third-order valence-corrected chi connectivity index (χ3v) is 5.91. The van der Waals surface area contributed by atoms with Gasteiger partial charge in [0.15, 0.2) is 17.7 Å². The number of ether oxygens (including phenoxy) is 1. The minimum atomic E-state index is -1.25. The first-order valence-corrected chi connectivity index (χ1v) is 10.9. The maximum Gasteiger partial charge on any atom is 0.337 e. The number of anilines is 1. The lowest BCUT2D eigenvalue weighted by molar-refractivity contribution is -0.160. The predicted octanol–water partition coefficient (Wildman–Crippen LogP) is 5.90. The van der Waals surface area contributed by atoms with Crippen molar-refractivity contribution in [3.8, 4) is 11.1 Å². The Bertz CT molecular complexity index is 1000. The Balaban J connectivity index is 2.25. The van der Waals surface area contributed by atoms with Crippen molar-refractivity contribution in [2.24, 2.45) is 5.41 Å². The van der Waals surface area contributed by atoms with Crippen LogP contribution in [0.2, 0.25) is 0 Å². The maximum absolute atomic E-state index is 14.1. The molecule has 1 fully saturated rings. The molecule has 1 aliphatic rings. The molecule has 0 radical (unpaired) electrons. The number of rotatable bonds is 5. The summed E-state index contributed by atoms with van der Waals surface area (Å²) in [7, 11) is 0. The summed E-state index contributed by atoms with van der Waals surface area (Å²) in [5, 5.41) is 10.1. The van der Waals surface area contributed by atoms with Gasteiger partial charge in [0.2, 0.25) is 0 Å². The number of carbonyl (C=O) groups is 1. The number of nitrogens with zero attached hydrogens (tertiary/aromatic N) is 2. The molecule has 1 N–H and O–H groups in total. The second-order valence-electron chi connectivity index (χ2n) is 10.2. The Morgan fingerprint density at radius 3 is 2.34 bits per heavy atom. The number of piperidine rings is 1. The number of aliphatic carboxylic acids is 1. The largest absolute Gasteiger partial charge is 0.479 e. The SMILES string of the molecule is Cc1ncc(-c2ccc(F)c(F)c2)c(N2CCC(C)(C)CC2)c1[C@H](OC(C)(C)C)C(=O)O. The lowest BCUT2D eigenvalue weighted by Crippen LogP contribution is -2.39. The Hall–Kier alpha value is -2.54. The zero-order valence-corrected chi connectivity index (χ0v) is 19.6. The zero-order valence-electron chi connectivity index (χ0n) is 19.6. The summed E-state index contributed by atoms with van der Waals surface area (Å²) in [4.78, 5) is 18.9. The van der Waals surface area contributed by atoms with Crippen LogP contribution in [0, 0.1) is 24.0 Å². The number of aromatic nitrogens is 1. The molecule has 1 aromatic carbocycles. The summed E-state index contributed by atoms with van der Waals surface area (Å²) < 4.78 is 33.7. The highest BCUT2D eigenvalue weighted by atomic mass is 19.2. The first kappa shape index (κ1) is 24.1. The quantitative estimate of drug-likeness (QED) is 0.619. The molecule has 3 rings (SSSR count). The molecule has 1 aromatic heterocycles. The number of halogens is 2. The highest BCUT2D eigenvalue weighted by Gasteiger charge is 2.35. The van der Waals surface area contributed by atoms with Crippen LogP contribution in [0.1, 0.15) is 64.8 Å². The molecule has 0 spiro atoms. The zero-order chi connectivity index (χ0) is 23.8. The second-order valence-corrected chi connectivity index (χ2v) is 10.2. The van der Waals surface area contributed by atoms with E-state index in [4.69, 9.17) is 4.74 Å². The van der Waals surface area contributed by atoms with Crippen molar-refractivity contribution in [2.45, 2.75) is 66.1 Å². The van der Waals surface area contributed by atoms with Crippen molar-refractivity contribution in [2.75, 3.05) is 18.0 Å². The number of hydrogen-bond donors (Lipinski definition) is 1. The van der Waals surface area contributed by atoms with Gasteiger partial charge in [0.05, 0.1) is 11.3 Å². The topological polar surface area (TPSA) is 62.7 Å². The maximum atomic E-state index is 14.1. The summed E-state index contributed by atoms with van der Waals surface area (Å²) in [6, 6.07) is 3.70. The van der Waals surface area contributed by atoms with Gasteiger partial charge in [-0.25, -0.2) is 13.6 Å². The fourth-order valence-electron chi connectivity index (χ4n) is 4.06. The van der Waals surface area contributed by atoms with E-state index in [0.717, 1.165) is 25.0 Å². The Morgan fingerprint density at radius 2 is 1.81 bits per heavy atom. The molecule has 32 heavy (non-hydrogen) atoms. The van der Waals surface area contributed by atoms with Crippen LogP contribution in [0.3, 0.4) is 0 Å². The number of pyridine rings is 1. The highest BCUT2D eigenvalue weighted by Crippen LogP contribution is 2.43. The fourth-order valence-corrected chi connectivity index (χ4v) is 4.06. The smallest absolute Gasteiger partial charge is 0.337 e. The van der Waals surface area contributed by atoms with E-state index in [-0.39, 0.29) is 5.41 Å². The van der Waals surface area contributed by atoms with Crippen molar-refractivity contribution in [1.29, 1.82) is 0 Å².